The molecule has 3 nitrogen and oxygen atoms in total. The second-order valence-corrected chi connectivity index (χ2v) is 4.13. The number of nitrogens with zero attached hydrogens (tertiary/aromatic N) is 1. The first-order valence-electron chi connectivity index (χ1n) is 5.62. The molecular formula is C12H20ClN3. The quantitative estimate of drug-likeness (QED) is 0.847. The van der Waals surface area contributed by atoms with Crippen molar-refractivity contribution in [1.29, 1.82) is 0 Å². The molecule has 0 aromatic heterocycles. The molecule has 4 heteroatoms. The summed E-state index contributed by atoms with van der Waals surface area (Å²) < 4.78 is 0. The van der Waals surface area contributed by atoms with Crippen LogP contribution in [0.5, 0.6) is 0 Å². The number of hydrogen-bond acceptors (Lipinski definition) is 3. The fourth-order valence-electron chi connectivity index (χ4n) is 2.04. The van der Waals surface area contributed by atoms with Gasteiger partial charge in [-0.15, -0.1) is 12.4 Å². The van der Waals surface area contributed by atoms with Crippen LogP contribution in [0.3, 0.4) is 0 Å². The topological polar surface area (TPSA) is 55.3 Å². The molecule has 0 amide bonds. The van der Waals surface area contributed by atoms with E-state index < -0.39 is 0 Å². The minimum absolute atomic E-state index is 0. The Labute approximate surface area is 103 Å². The molecule has 0 unspecified atom stereocenters. The van der Waals surface area contributed by atoms with Crippen LogP contribution < -0.4 is 16.4 Å². The monoisotopic (exact) mass is 241 g/mol. The van der Waals surface area contributed by atoms with E-state index in [1.165, 1.54) is 31.6 Å². The van der Waals surface area contributed by atoms with Crippen molar-refractivity contribution in [2.45, 2.75) is 18.9 Å². The van der Waals surface area contributed by atoms with Crippen LogP contribution in [0.1, 0.15) is 24.4 Å². The third-order valence-electron chi connectivity index (χ3n) is 3.05. The molecule has 90 valence electrons. The Morgan fingerprint density at radius 3 is 2.19 bits per heavy atom. The third kappa shape index (κ3) is 2.88. The Bertz CT molecular complexity index is 307. The average molecular weight is 242 g/mol. The molecule has 1 aliphatic rings. The van der Waals surface area contributed by atoms with E-state index in [9.17, 15) is 0 Å². The Hall–Kier alpha value is -0.770. The summed E-state index contributed by atoms with van der Waals surface area (Å²) in [6.45, 7) is 2.87. The van der Waals surface area contributed by atoms with Crippen molar-refractivity contribution in [3.05, 3.63) is 29.8 Å². The van der Waals surface area contributed by atoms with Crippen LogP contribution in [0.15, 0.2) is 24.3 Å². The molecular weight excluding hydrogens is 222 g/mol. The summed E-state index contributed by atoms with van der Waals surface area (Å²) >= 11 is 0. The van der Waals surface area contributed by atoms with Gasteiger partial charge in [-0.3, -0.25) is 0 Å². The molecule has 0 aliphatic carbocycles. The first-order valence-corrected chi connectivity index (χ1v) is 5.62. The highest BCUT2D eigenvalue weighted by atomic mass is 35.5. The maximum absolute atomic E-state index is 5.86. The lowest BCUT2D eigenvalue weighted by molar-refractivity contribution is 0.737. The van der Waals surface area contributed by atoms with Gasteiger partial charge < -0.3 is 16.4 Å². The zero-order chi connectivity index (χ0) is 10.7. The molecule has 1 aromatic carbocycles. The molecule has 0 bridgehead atoms. The molecule has 1 aromatic rings. The van der Waals surface area contributed by atoms with Crippen LogP contribution in [-0.2, 0) is 0 Å². The van der Waals surface area contributed by atoms with Crippen molar-refractivity contribution < 1.29 is 0 Å². The van der Waals surface area contributed by atoms with Gasteiger partial charge in [0.2, 0.25) is 0 Å². The van der Waals surface area contributed by atoms with E-state index in [-0.39, 0.29) is 18.4 Å². The Balaban J connectivity index is 0.00000128. The van der Waals surface area contributed by atoms with E-state index in [2.05, 4.69) is 29.2 Å². The largest absolute Gasteiger partial charge is 0.372 e. The first-order chi connectivity index (χ1) is 7.31. The van der Waals surface area contributed by atoms with E-state index in [1.54, 1.807) is 0 Å². The number of benzene rings is 1. The lowest BCUT2D eigenvalue weighted by Gasteiger charge is -2.18. The molecule has 1 saturated heterocycles. The molecule has 1 heterocycles. The van der Waals surface area contributed by atoms with Gasteiger partial charge in [0.1, 0.15) is 0 Å². The van der Waals surface area contributed by atoms with Crippen molar-refractivity contribution >= 4 is 18.1 Å². The minimum Gasteiger partial charge on any atom is -0.372 e. The van der Waals surface area contributed by atoms with Crippen molar-refractivity contribution in [1.82, 2.24) is 0 Å². The van der Waals surface area contributed by atoms with Gasteiger partial charge in [0.25, 0.3) is 0 Å². The van der Waals surface area contributed by atoms with Crippen molar-refractivity contribution in [2.24, 2.45) is 11.5 Å². The van der Waals surface area contributed by atoms with Gasteiger partial charge in [0, 0.05) is 31.4 Å². The number of halogens is 1. The zero-order valence-electron chi connectivity index (χ0n) is 9.43. The lowest BCUT2D eigenvalue weighted by atomic mass is 10.1. The second kappa shape index (κ2) is 6.09. The van der Waals surface area contributed by atoms with Gasteiger partial charge in [0.15, 0.2) is 0 Å². The van der Waals surface area contributed by atoms with Crippen LogP contribution in [-0.4, -0.2) is 19.6 Å². The average Bonchev–Trinajstić information content (AvgIpc) is 2.82. The van der Waals surface area contributed by atoms with E-state index >= 15 is 0 Å². The SMILES string of the molecule is Cl.NC[C@H](N)c1ccc(N2CCCC2)cc1. The van der Waals surface area contributed by atoms with Crippen molar-refractivity contribution in [3.63, 3.8) is 0 Å². The van der Waals surface area contributed by atoms with Gasteiger partial charge in [-0.25, -0.2) is 0 Å². The van der Waals surface area contributed by atoms with Gasteiger partial charge in [-0.1, -0.05) is 12.1 Å². The summed E-state index contributed by atoms with van der Waals surface area (Å²) in [6, 6.07) is 8.44. The summed E-state index contributed by atoms with van der Waals surface area (Å²) in [7, 11) is 0. The number of hydrogen-bond donors (Lipinski definition) is 2. The third-order valence-corrected chi connectivity index (χ3v) is 3.05. The number of rotatable bonds is 3. The van der Waals surface area contributed by atoms with E-state index in [1.807, 2.05) is 0 Å². The first kappa shape index (κ1) is 13.3. The molecule has 16 heavy (non-hydrogen) atoms. The van der Waals surface area contributed by atoms with Crippen molar-refractivity contribution in [2.75, 3.05) is 24.5 Å². The molecule has 2 rings (SSSR count). The fourth-order valence-corrected chi connectivity index (χ4v) is 2.04. The second-order valence-electron chi connectivity index (χ2n) is 4.13. The predicted octanol–water partition coefficient (Wildman–Crippen LogP) is 1.67. The van der Waals surface area contributed by atoms with Crippen LogP contribution in [0.2, 0.25) is 0 Å². The standard InChI is InChI=1S/C12H19N3.ClH/c13-9-12(14)10-3-5-11(6-4-10)15-7-1-2-8-15;/h3-6,12H,1-2,7-9,13-14H2;1H/t12-;/m0./s1. The predicted molar refractivity (Wildman–Crippen MR) is 71.1 cm³/mol. The Morgan fingerprint density at radius 2 is 1.69 bits per heavy atom. The number of nitrogens with two attached hydrogens (primary N) is 2. The maximum atomic E-state index is 5.86. The maximum Gasteiger partial charge on any atom is 0.0419 e. The summed E-state index contributed by atoms with van der Waals surface area (Å²) in [6.07, 6.45) is 2.62. The molecule has 4 N–H and O–H groups in total. The zero-order valence-corrected chi connectivity index (χ0v) is 10.2. The van der Waals surface area contributed by atoms with Crippen LogP contribution in [0.4, 0.5) is 5.69 Å². The highest BCUT2D eigenvalue weighted by Gasteiger charge is 2.12. The van der Waals surface area contributed by atoms with E-state index in [0.29, 0.717) is 6.54 Å². The fraction of sp³-hybridized carbons (Fsp3) is 0.500. The molecule has 1 aliphatic heterocycles. The Morgan fingerprint density at radius 1 is 1.12 bits per heavy atom. The van der Waals surface area contributed by atoms with Gasteiger partial charge in [-0.2, -0.15) is 0 Å². The highest BCUT2D eigenvalue weighted by molar-refractivity contribution is 5.85. The van der Waals surface area contributed by atoms with Crippen LogP contribution >= 0.6 is 12.4 Å². The van der Waals surface area contributed by atoms with E-state index in [0.717, 1.165) is 5.56 Å². The van der Waals surface area contributed by atoms with Gasteiger partial charge in [-0.05, 0) is 30.5 Å². The summed E-state index contributed by atoms with van der Waals surface area (Å²) in [4.78, 5) is 2.41. The van der Waals surface area contributed by atoms with Crippen LogP contribution in [0.25, 0.3) is 0 Å². The summed E-state index contributed by atoms with van der Waals surface area (Å²) in [5.74, 6) is 0. The Kier molecular flexibility index (Phi) is 5.06. The van der Waals surface area contributed by atoms with Gasteiger partial charge >= 0.3 is 0 Å². The lowest BCUT2D eigenvalue weighted by Crippen LogP contribution is -2.21. The molecule has 0 radical (unpaired) electrons. The highest BCUT2D eigenvalue weighted by Crippen LogP contribution is 2.21. The smallest absolute Gasteiger partial charge is 0.0419 e. The van der Waals surface area contributed by atoms with Gasteiger partial charge in [0.05, 0.1) is 0 Å². The molecule has 0 spiro atoms. The van der Waals surface area contributed by atoms with Crippen molar-refractivity contribution in [3.8, 4) is 0 Å². The molecule has 0 saturated carbocycles. The number of anilines is 1. The van der Waals surface area contributed by atoms with Crippen LogP contribution in [0, 0.1) is 0 Å². The molecule has 1 fully saturated rings. The summed E-state index contributed by atoms with van der Waals surface area (Å²) in [5.41, 5.74) is 13.8. The molecule has 1 atom stereocenters. The minimum atomic E-state index is -0.0300. The normalized spacial score (nSPS) is 17.0. The summed E-state index contributed by atoms with van der Waals surface area (Å²) in [5, 5.41) is 0. The van der Waals surface area contributed by atoms with E-state index in [4.69, 9.17) is 11.5 Å².